The SMILES string of the molecule is CC(=O)N[C@@H](C)C(=O)N[C@@H](CC(=O)O)C(=O)N[C@H](C(=O)N[C@@H](Cc1ccc(O)cc1)C(=O)N[C@@H](CCCCN)C(N)=O)C(C)C. The van der Waals surface area contributed by atoms with Crippen LogP contribution < -0.4 is 38.1 Å². The maximum absolute atomic E-state index is 13.5. The van der Waals surface area contributed by atoms with Crippen LogP contribution in [0.4, 0.5) is 0 Å². The first-order valence-corrected chi connectivity index (χ1v) is 14.5. The molecular formula is C29H45N7O9. The number of carbonyl (C=O) groups excluding carboxylic acids is 6. The minimum absolute atomic E-state index is 0.0189. The van der Waals surface area contributed by atoms with E-state index in [-0.39, 0.29) is 18.6 Å². The normalized spacial score (nSPS) is 14.2. The Labute approximate surface area is 261 Å². The third kappa shape index (κ3) is 14.1. The Hall–Kier alpha value is -4.73. The number of primary amides is 1. The highest BCUT2D eigenvalue weighted by Crippen LogP contribution is 2.13. The molecule has 5 atom stereocenters. The topological polar surface area (TPSA) is 272 Å². The lowest BCUT2D eigenvalue weighted by Gasteiger charge is -2.28. The molecule has 0 spiro atoms. The summed E-state index contributed by atoms with van der Waals surface area (Å²) in [5.41, 5.74) is 11.5. The van der Waals surface area contributed by atoms with Crippen LogP contribution in [-0.2, 0) is 40.0 Å². The third-order valence-corrected chi connectivity index (χ3v) is 6.69. The molecule has 16 heteroatoms. The highest BCUT2D eigenvalue weighted by atomic mass is 16.4. The van der Waals surface area contributed by atoms with Crippen molar-refractivity contribution in [3.05, 3.63) is 29.8 Å². The number of hydrogen-bond acceptors (Lipinski definition) is 9. The van der Waals surface area contributed by atoms with Gasteiger partial charge in [0.05, 0.1) is 6.42 Å². The van der Waals surface area contributed by atoms with Crippen molar-refractivity contribution >= 4 is 41.4 Å². The van der Waals surface area contributed by atoms with Crippen LogP contribution in [0, 0.1) is 5.92 Å². The Morgan fingerprint density at radius 3 is 1.82 bits per heavy atom. The molecule has 1 rings (SSSR count). The Kier molecular flexibility index (Phi) is 16.0. The van der Waals surface area contributed by atoms with Gasteiger partial charge >= 0.3 is 5.97 Å². The minimum Gasteiger partial charge on any atom is -0.508 e. The first kappa shape index (κ1) is 38.3. The van der Waals surface area contributed by atoms with Gasteiger partial charge in [0, 0.05) is 13.3 Å². The fourth-order valence-corrected chi connectivity index (χ4v) is 4.23. The number of rotatable bonds is 19. The van der Waals surface area contributed by atoms with Gasteiger partial charge in [-0.05, 0) is 56.3 Å². The molecule has 11 N–H and O–H groups in total. The Bertz CT molecular complexity index is 1210. The second-order valence-corrected chi connectivity index (χ2v) is 11.0. The molecule has 0 bridgehead atoms. The van der Waals surface area contributed by atoms with Crippen LogP contribution in [0.5, 0.6) is 5.75 Å². The largest absolute Gasteiger partial charge is 0.508 e. The molecule has 250 valence electrons. The number of hydrogen-bond donors (Lipinski definition) is 9. The highest BCUT2D eigenvalue weighted by molar-refractivity contribution is 5.97. The van der Waals surface area contributed by atoms with Crippen LogP contribution >= 0.6 is 0 Å². The first-order valence-electron chi connectivity index (χ1n) is 14.5. The van der Waals surface area contributed by atoms with Gasteiger partial charge in [0.1, 0.15) is 36.0 Å². The zero-order valence-corrected chi connectivity index (χ0v) is 25.9. The van der Waals surface area contributed by atoms with Crippen molar-refractivity contribution in [2.75, 3.05) is 6.54 Å². The average molecular weight is 636 g/mol. The van der Waals surface area contributed by atoms with Gasteiger partial charge in [-0.15, -0.1) is 0 Å². The smallest absolute Gasteiger partial charge is 0.305 e. The second kappa shape index (κ2) is 18.8. The van der Waals surface area contributed by atoms with Crippen molar-refractivity contribution < 1.29 is 43.8 Å². The van der Waals surface area contributed by atoms with Gasteiger partial charge < -0.3 is 48.3 Å². The number of benzene rings is 1. The van der Waals surface area contributed by atoms with E-state index in [1.165, 1.54) is 38.1 Å². The van der Waals surface area contributed by atoms with Crippen LogP contribution in [0.15, 0.2) is 24.3 Å². The molecule has 0 radical (unpaired) electrons. The summed E-state index contributed by atoms with van der Waals surface area (Å²) in [6.45, 7) is 6.11. The number of amides is 6. The Balaban J connectivity index is 3.22. The molecule has 0 heterocycles. The van der Waals surface area contributed by atoms with Crippen molar-refractivity contribution in [3.8, 4) is 5.75 Å². The van der Waals surface area contributed by atoms with E-state index in [2.05, 4.69) is 26.6 Å². The van der Waals surface area contributed by atoms with E-state index >= 15 is 0 Å². The van der Waals surface area contributed by atoms with E-state index in [9.17, 15) is 43.8 Å². The number of nitrogens with two attached hydrogens (primary N) is 2. The fourth-order valence-electron chi connectivity index (χ4n) is 4.23. The summed E-state index contributed by atoms with van der Waals surface area (Å²) in [7, 11) is 0. The molecule has 1 aromatic rings. The van der Waals surface area contributed by atoms with Crippen LogP contribution in [0.25, 0.3) is 0 Å². The van der Waals surface area contributed by atoms with E-state index in [4.69, 9.17) is 11.5 Å². The molecule has 0 fully saturated rings. The quantitative estimate of drug-likeness (QED) is 0.0765. The minimum atomic E-state index is -1.60. The number of aromatic hydroxyl groups is 1. The summed E-state index contributed by atoms with van der Waals surface area (Å²) in [4.78, 5) is 87.3. The predicted molar refractivity (Wildman–Crippen MR) is 162 cm³/mol. The summed E-state index contributed by atoms with van der Waals surface area (Å²) in [5, 5.41) is 31.1. The Morgan fingerprint density at radius 1 is 0.756 bits per heavy atom. The zero-order chi connectivity index (χ0) is 34.3. The molecule has 0 unspecified atom stereocenters. The number of carbonyl (C=O) groups is 7. The van der Waals surface area contributed by atoms with Gasteiger partial charge in [-0.25, -0.2) is 0 Å². The monoisotopic (exact) mass is 635 g/mol. The number of phenolic OH excluding ortho intramolecular Hbond substituents is 1. The molecule has 45 heavy (non-hydrogen) atoms. The predicted octanol–water partition coefficient (Wildman–Crippen LogP) is -1.86. The molecule has 0 aromatic heterocycles. The van der Waals surface area contributed by atoms with Crippen LogP contribution in [0.3, 0.4) is 0 Å². The number of aliphatic carboxylic acids is 1. The van der Waals surface area contributed by atoms with E-state index in [1.54, 1.807) is 13.8 Å². The lowest BCUT2D eigenvalue weighted by Crippen LogP contribution is -2.60. The van der Waals surface area contributed by atoms with Crippen LogP contribution in [-0.4, -0.2) is 88.4 Å². The van der Waals surface area contributed by atoms with Crippen LogP contribution in [0.2, 0.25) is 0 Å². The van der Waals surface area contributed by atoms with Crippen molar-refractivity contribution in [2.24, 2.45) is 17.4 Å². The molecule has 0 aliphatic heterocycles. The second-order valence-electron chi connectivity index (χ2n) is 11.0. The molecule has 0 aliphatic carbocycles. The third-order valence-electron chi connectivity index (χ3n) is 6.69. The van der Waals surface area contributed by atoms with Crippen molar-refractivity contribution in [2.45, 2.75) is 90.0 Å². The summed E-state index contributed by atoms with van der Waals surface area (Å²) in [5.74, 6) is -6.63. The van der Waals surface area contributed by atoms with Crippen molar-refractivity contribution in [1.29, 1.82) is 0 Å². The number of carboxylic acids is 1. The van der Waals surface area contributed by atoms with E-state index in [0.29, 0.717) is 24.9 Å². The zero-order valence-electron chi connectivity index (χ0n) is 25.9. The molecule has 0 aliphatic rings. The highest BCUT2D eigenvalue weighted by Gasteiger charge is 2.33. The molecular weight excluding hydrogens is 590 g/mol. The van der Waals surface area contributed by atoms with Gasteiger partial charge in [-0.2, -0.15) is 0 Å². The maximum Gasteiger partial charge on any atom is 0.305 e. The number of unbranched alkanes of at least 4 members (excludes halogenated alkanes) is 1. The van der Waals surface area contributed by atoms with Crippen molar-refractivity contribution in [1.82, 2.24) is 26.6 Å². The van der Waals surface area contributed by atoms with E-state index in [1.807, 2.05) is 0 Å². The molecule has 1 aromatic carbocycles. The summed E-state index contributed by atoms with van der Waals surface area (Å²) < 4.78 is 0. The molecule has 16 nitrogen and oxygen atoms in total. The molecule has 0 saturated carbocycles. The van der Waals surface area contributed by atoms with Gasteiger partial charge in [0.25, 0.3) is 0 Å². The van der Waals surface area contributed by atoms with Crippen LogP contribution in [0.1, 0.15) is 58.9 Å². The Morgan fingerprint density at radius 2 is 1.31 bits per heavy atom. The van der Waals surface area contributed by atoms with Gasteiger partial charge in [0.2, 0.25) is 35.4 Å². The van der Waals surface area contributed by atoms with E-state index < -0.39 is 84.0 Å². The number of nitrogens with one attached hydrogen (secondary N) is 5. The molecule has 6 amide bonds. The number of carboxylic acid groups (broad SMARTS) is 1. The van der Waals surface area contributed by atoms with E-state index in [0.717, 1.165) is 0 Å². The van der Waals surface area contributed by atoms with Gasteiger partial charge in [0.15, 0.2) is 0 Å². The average Bonchev–Trinajstić information content (AvgIpc) is 2.94. The summed E-state index contributed by atoms with van der Waals surface area (Å²) in [6.07, 6.45) is 0.447. The van der Waals surface area contributed by atoms with Gasteiger partial charge in [-0.1, -0.05) is 26.0 Å². The lowest BCUT2D eigenvalue weighted by molar-refractivity contribution is -0.141. The summed E-state index contributed by atoms with van der Waals surface area (Å²) >= 11 is 0. The van der Waals surface area contributed by atoms with Crippen molar-refractivity contribution in [3.63, 3.8) is 0 Å². The first-order chi connectivity index (χ1) is 21.0. The molecule has 0 saturated heterocycles. The standard InChI is InChI=1S/C29H45N7O9/c1-15(2)24(36-28(44)22(14-23(39)40)34-26(42)16(3)32-17(4)37)29(45)35-21(13-18-8-10-19(38)11-9-18)27(43)33-20(25(31)41)7-5-6-12-30/h8-11,15-16,20-22,24,38H,5-7,12-14,30H2,1-4H3,(H2,31,41)(H,32,37)(H,33,43)(H,34,42)(H,35,45)(H,36,44)(H,39,40)/t16-,20-,21-,22-,24-/m0/s1. The fraction of sp³-hybridized carbons (Fsp3) is 0.552. The number of phenols is 1. The summed E-state index contributed by atoms with van der Waals surface area (Å²) in [6, 6.07) is -0.387. The maximum atomic E-state index is 13.5. The lowest BCUT2D eigenvalue weighted by atomic mass is 9.99. The van der Waals surface area contributed by atoms with Gasteiger partial charge in [-0.3, -0.25) is 33.6 Å².